The van der Waals surface area contributed by atoms with Gasteiger partial charge >= 0.3 is 5.97 Å². The van der Waals surface area contributed by atoms with Gasteiger partial charge in [0, 0.05) is 25.7 Å². The zero-order valence-corrected chi connectivity index (χ0v) is 20.4. The number of likely N-dealkylation sites (N-methyl/N-ethyl adjacent to an activating group) is 1. The highest BCUT2D eigenvalue weighted by Gasteiger charge is 2.33. The molecule has 0 radical (unpaired) electrons. The number of sulfonamides is 1. The fourth-order valence-corrected chi connectivity index (χ4v) is 4.96. The van der Waals surface area contributed by atoms with E-state index in [9.17, 15) is 22.8 Å². The number of amides is 2. The van der Waals surface area contributed by atoms with Crippen molar-refractivity contribution in [1.82, 2.24) is 14.5 Å². The number of hydrogen-bond acceptors (Lipinski definition) is 7. The van der Waals surface area contributed by atoms with Crippen LogP contribution in [0.5, 0.6) is 5.75 Å². The molecule has 0 saturated carbocycles. The van der Waals surface area contributed by atoms with Crippen molar-refractivity contribution < 1.29 is 32.3 Å². The molecule has 2 rings (SSSR count). The van der Waals surface area contributed by atoms with Crippen LogP contribution in [0.15, 0.2) is 29.2 Å². The van der Waals surface area contributed by atoms with E-state index in [-0.39, 0.29) is 36.5 Å². The average Bonchev–Trinajstić information content (AvgIpc) is 2.80. The highest BCUT2D eigenvalue weighted by Crippen LogP contribution is 2.25. The minimum Gasteiger partial charge on any atom is -0.497 e. The molecule has 0 aromatic heterocycles. The summed E-state index contributed by atoms with van der Waals surface area (Å²) in [5.74, 6) is -1.19. The molecule has 1 aliphatic heterocycles. The van der Waals surface area contributed by atoms with Crippen molar-refractivity contribution in [2.24, 2.45) is 5.92 Å². The van der Waals surface area contributed by atoms with Crippen molar-refractivity contribution in [3.05, 3.63) is 24.3 Å². The molecule has 1 aromatic rings. The van der Waals surface area contributed by atoms with Crippen LogP contribution < -0.4 is 10.1 Å². The van der Waals surface area contributed by atoms with E-state index in [1.165, 1.54) is 28.4 Å². The number of carbonyl (C=O) groups excluding carboxylic acids is 3. The van der Waals surface area contributed by atoms with Gasteiger partial charge in [0.05, 0.1) is 24.5 Å². The van der Waals surface area contributed by atoms with Crippen molar-refractivity contribution in [3.8, 4) is 5.75 Å². The second kappa shape index (κ2) is 12.0. The van der Waals surface area contributed by atoms with Crippen LogP contribution in [-0.2, 0) is 29.1 Å². The number of carbonyl (C=O) groups is 3. The van der Waals surface area contributed by atoms with Gasteiger partial charge in [-0.05, 0) is 57.9 Å². The number of hydrogen-bond donors (Lipinski definition) is 1. The number of piperidine rings is 1. The molecule has 2 amide bonds. The van der Waals surface area contributed by atoms with Crippen LogP contribution in [0.4, 0.5) is 0 Å². The third-order valence-corrected chi connectivity index (χ3v) is 7.25. The Bertz CT molecular complexity index is 924. The quantitative estimate of drug-likeness (QED) is 0.493. The summed E-state index contributed by atoms with van der Waals surface area (Å²) < 4.78 is 37.2. The standard InChI is InChI=1S/C22H33N3O7S/c1-5-24(14-20(26)23-16(2)3)21(27)15-32-22(28)17-10-12-25(13-11-17)33(29,30)19-8-6-18(31-4)7-9-19/h6-9,16-17H,5,10-15H2,1-4H3,(H,23,26). The van der Waals surface area contributed by atoms with E-state index < -0.39 is 34.4 Å². The third kappa shape index (κ3) is 7.43. The van der Waals surface area contributed by atoms with Crippen molar-refractivity contribution in [2.45, 2.75) is 44.6 Å². The molecule has 1 aliphatic rings. The van der Waals surface area contributed by atoms with Gasteiger partial charge in [0.2, 0.25) is 15.9 Å². The maximum atomic E-state index is 12.8. The van der Waals surface area contributed by atoms with Crippen LogP contribution in [-0.4, -0.2) is 81.3 Å². The summed E-state index contributed by atoms with van der Waals surface area (Å²) >= 11 is 0. The Labute approximate surface area is 195 Å². The maximum Gasteiger partial charge on any atom is 0.309 e. The van der Waals surface area contributed by atoms with Crippen molar-refractivity contribution in [3.63, 3.8) is 0 Å². The van der Waals surface area contributed by atoms with Gasteiger partial charge in [-0.1, -0.05) is 0 Å². The molecule has 0 aliphatic carbocycles. The monoisotopic (exact) mass is 483 g/mol. The smallest absolute Gasteiger partial charge is 0.309 e. The first-order valence-electron chi connectivity index (χ1n) is 11.0. The molecule has 11 heteroatoms. The van der Waals surface area contributed by atoms with Crippen LogP contribution >= 0.6 is 0 Å². The summed E-state index contributed by atoms with van der Waals surface area (Å²) in [7, 11) is -2.17. The van der Waals surface area contributed by atoms with Crippen molar-refractivity contribution >= 4 is 27.8 Å². The van der Waals surface area contributed by atoms with Gasteiger partial charge in [-0.3, -0.25) is 14.4 Å². The Kier molecular flexibility index (Phi) is 9.66. The third-order valence-electron chi connectivity index (χ3n) is 5.34. The number of esters is 1. The minimum atomic E-state index is -3.67. The van der Waals surface area contributed by atoms with Crippen LogP contribution in [0.2, 0.25) is 0 Å². The number of rotatable bonds is 10. The van der Waals surface area contributed by atoms with Gasteiger partial charge in [-0.2, -0.15) is 4.31 Å². The second-order valence-electron chi connectivity index (χ2n) is 8.09. The number of nitrogens with zero attached hydrogens (tertiary/aromatic N) is 2. The van der Waals surface area contributed by atoms with Crippen LogP contribution in [0, 0.1) is 5.92 Å². The summed E-state index contributed by atoms with van der Waals surface area (Å²) in [4.78, 5) is 38.1. The van der Waals surface area contributed by atoms with E-state index in [0.29, 0.717) is 25.1 Å². The lowest BCUT2D eigenvalue weighted by Crippen LogP contribution is -2.44. The van der Waals surface area contributed by atoms with E-state index in [1.54, 1.807) is 19.1 Å². The van der Waals surface area contributed by atoms with E-state index in [2.05, 4.69) is 5.32 Å². The molecule has 1 fully saturated rings. The highest BCUT2D eigenvalue weighted by atomic mass is 32.2. The molecule has 1 heterocycles. The lowest BCUT2D eigenvalue weighted by Gasteiger charge is -2.30. The molecule has 1 saturated heterocycles. The summed E-state index contributed by atoms with van der Waals surface area (Å²) in [5.41, 5.74) is 0. The van der Waals surface area contributed by atoms with Crippen LogP contribution in [0.25, 0.3) is 0 Å². The zero-order chi connectivity index (χ0) is 24.6. The summed E-state index contributed by atoms with van der Waals surface area (Å²) in [6, 6.07) is 6.10. The second-order valence-corrected chi connectivity index (χ2v) is 10.0. The van der Waals surface area contributed by atoms with Crippen LogP contribution in [0.1, 0.15) is 33.6 Å². The number of nitrogens with one attached hydrogen (secondary N) is 1. The van der Waals surface area contributed by atoms with E-state index in [1.807, 2.05) is 13.8 Å². The lowest BCUT2D eigenvalue weighted by molar-refractivity contribution is -0.156. The molecule has 1 aromatic carbocycles. The van der Waals surface area contributed by atoms with Crippen molar-refractivity contribution in [2.75, 3.05) is 39.9 Å². The molecule has 1 N–H and O–H groups in total. The fourth-order valence-electron chi connectivity index (χ4n) is 3.49. The van der Waals surface area contributed by atoms with E-state index >= 15 is 0 Å². The Morgan fingerprint density at radius 1 is 1.15 bits per heavy atom. The first-order valence-corrected chi connectivity index (χ1v) is 12.4. The molecular weight excluding hydrogens is 450 g/mol. The SMILES string of the molecule is CCN(CC(=O)NC(C)C)C(=O)COC(=O)C1CCN(S(=O)(=O)c2ccc(OC)cc2)CC1. The van der Waals surface area contributed by atoms with Gasteiger partial charge in [0.15, 0.2) is 6.61 Å². The normalized spacial score (nSPS) is 15.2. The molecule has 33 heavy (non-hydrogen) atoms. The highest BCUT2D eigenvalue weighted by molar-refractivity contribution is 7.89. The lowest BCUT2D eigenvalue weighted by atomic mass is 9.98. The predicted molar refractivity (Wildman–Crippen MR) is 121 cm³/mol. The fraction of sp³-hybridized carbons (Fsp3) is 0.591. The first kappa shape index (κ1) is 26.6. The van der Waals surface area contributed by atoms with Gasteiger partial charge < -0.3 is 19.7 Å². The molecule has 184 valence electrons. The Hall–Kier alpha value is -2.66. The predicted octanol–water partition coefficient (Wildman–Crippen LogP) is 1.01. The Balaban J connectivity index is 1.84. The zero-order valence-electron chi connectivity index (χ0n) is 19.6. The summed E-state index contributed by atoms with van der Waals surface area (Å²) in [6.45, 7) is 5.50. The van der Waals surface area contributed by atoms with Gasteiger partial charge in [-0.15, -0.1) is 0 Å². The van der Waals surface area contributed by atoms with Gasteiger partial charge in [0.25, 0.3) is 5.91 Å². The molecule has 10 nitrogen and oxygen atoms in total. The van der Waals surface area contributed by atoms with Gasteiger partial charge in [0.1, 0.15) is 5.75 Å². The largest absolute Gasteiger partial charge is 0.497 e. The number of benzene rings is 1. The molecule has 0 atom stereocenters. The molecule has 0 bridgehead atoms. The molecule has 0 spiro atoms. The first-order chi connectivity index (χ1) is 15.6. The topological polar surface area (TPSA) is 122 Å². The molecular formula is C22H33N3O7S. The minimum absolute atomic E-state index is 0.0384. The number of methoxy groups -OCH3 is 1. The number of ether oxygens (including phenoxy) is 2. The maximum absolute atomic E-state index is 12.8. The van der Waals surface area contributed by atoms with E-state index in [4.69, 9.17) is 9.47 Å². The van der Waals surface area contributed by atoms with E-state index in [0.717, 1.165) is 0 Å². The average molecular weight is 484 g/mol. The summed E-state index contributed by atoms with van der Waals surface area (Å²) in [6.07, 6.45) is 0.605. The van der Waals surface area contributed by atoms with Crippen LogP contribution in [0.3, 0.4) is 0 Å². The van der Waals surface area contributed by atoms with Crippen molar-refractivity contribution in [1.29, 1.82) is 0 Å². The molecule has 0 unspecified atom stereocenters. The van der Waals surface area contributed by atoms with Gasteiger partial charge in [-0.25, -0.2) is 8.42 Å². The Morgan fingerprint density at radius 3 is 2.27 bits per heavy atom. The summed E-state index contributed by atoms with van der Waals surface area (Å²) in [5, 5.41) is 2.71. The Morgan fingerprint density at radius 2 is 1.76 bits per heavy atom.